The summed E-state index contributed by atoms with van der Waals surface area (Å²) >= 11 is 0. The summed E-state index contributed by atoms with van der Waals surface area (Å²) in [6, 6.07) is 1.22. The van der Waals surface area contributed by atoms with Crippen molar-refractivity contribution < 1.29 is 4.79 Å². The maximum absolute atomic E-state index is 12.1. The largest absolute Gasteiger partial charge is 0.353 e. The predicted molar refractivity (Wildman–Crippen MR) is 84.5 cm³/mol. The standard InChI is InChI=1S/C16H33N3O/c1-12(2)19-10-8-15(9-11-19)18-16(20)13(3)6-5-7-14(4)17/h12-15H,5-11,17H2,1-4H3,(H,18,20). The molecule has 118 valence electrons. The van der Waals surface area contributed by atoms with Crippen molar-refractivity contribution in [2.24, 2.45) is 11.7 Å². The molecule has 1 aliphatic heterocycles. The molecule has 2 unspecified atom stereocenters. The van der Waals surface area contributed by atoms with Gasteiger partial charge in [-0.15, -0.1) is 0 Å². The van der Waals surface area contributed by atoms with Crippen LogP contribution in [0.5, 0.6) is 0 Å². The van der Waals surface area contributed by atoms with Gasteiger partial charge in [0, 0.05) is 37.1 Å². The monoisotopic (exact) mass is 283 g/mol. The third-order valence-corrected chi connectivity index (χ3v) is 4.35. The Hall–Kier alpha value is -0.610. The Morgan fingerprint density at radius 2 is 1.80 bits per heavy atom. The Balaban J connectivity index is 2.22. The average Bonchev–Trinajstić information content (AvgIpc) is 2.38. The molecule has 0 aliphatic carbocycles. The van der Waals surface area contributed by atoms with Crippen molar-refractivity contribution in [1.29, 1.82) is 0 Å². The number of carbonyl (C=O) groups excluding carboxylic acids is 1. The van der Waals surface area contributed by atoms with Gasteiger partial charge in [0.1, 0.15) is 0 Å². The van der Waals surface area contributed by atoms with E-state index in [2.05, 4.69) is 24.1 Å². The Morgan fingerprint density at radius 1 is 1.20 bits per heavy atom. The van der Waals surface area contributed by atoms with Crippen LogP contribution in [0.4, 0.5) is 0 Å². The molecule has 0 spiro atoms. The number of likely N-dealkylation sites (tertiary alicyclic amines) is 1. The molecular formula is C16H33N3O. The predicted octanol–water partition coefficient (Wildman–Crippen LogP) is 2.13. The van der Waals surface area contributed by atoms with E-state index in [9.17, 15) is 4.79 Å². The van der Waals surface area contributed by atoms with Crippen molar-refractivity contribution in [3.8, 4) is 0 Å². The molecule has 1 amide bonds. The number of hydrogen-bond acceptors (Lipinski definition) is 3. The minimum absolute atomic E-state index is 0.108. The van der Waals surface area contributed by atoms with E-state index >= 15 is 0 Å². The summed E-state index contributed by atoms with van der Waals surface area (Å²) in [6.45, 7) is 10.7. The smallest absolute Gasteiger partial charge is 0.223 e. The van der Waals surface area contributed by atoms with Crippen LogP contribution in [-0.2, 0) is 4.79 Å². The molecule has 1 rings (SSSR count). The van der Waals surface area contributed by atoms with E-state index in [1.54, 1.807) is 0 Å². The molecule has 1 saturated heterocycles. The highest BCUT2D eigenvalue weighted by atomic mass is 16.1. The molecule has 4 nitrogen and oxygen atoms in total. The Bertz CT molecular complexity index is 283. The number of nitrogens with zero attached hydrogens (tertiary/aromatic N) is 1. The maximum Gasteiger partial charge on any atom is 0.223 e. The summed E-state index contributed by atoms with van der Waals surface area (Å²) in [5.41, 5.74) is 5.74. The van der Waals surface area contributed by atoms with Crippen molar-refractivity contribution in [2.45, 2.75) is 77.9 Å². The van der Waals surface area contributed by atoms with E-state index in [0.29, 0.717) is 12.1 Å². The molecule has 20 heavy (non-hydrogen) atoms. The van der Waals surface area contributed by atoms with E-state index in [4.69, 9.17) is 5.73 Å². The summed E-state index contributed by atoms with van der Waals surface area (Å²) in [6.07, 6.45) is 5.15. The normalized spacial score (nSPS) is 20.9. The van der Waals surface area contributed by atoms with Crippen LogP contribution in [0.25, 0.3) is 0 Å². The van der Waals surface area contributed by atoms with Gasteiger partial charge in [0.25, 0.3) is 0 Å². The van der Waals surface area contributed by atoms with Gasteiger partial charge >= 0.3 is 0 Å². The van der Waals surface area contributed by atoms with Gasteiger partial charge in [-0.25, -0.2) is 0 Å². The topological polar surface area (TPSA) is 58.4 Å². The van der Waals surface area contributed by atoms with Crippen LogP contribution in [0.3, 0.4) is 0 Å². The third kappa shape index (κ3) is 6.23. The van der Waals surface area contributed by atoms with E-state index in [1.165, 1.54) is 0 Å². The first-order valence-electron chi connectivity index (χ1n) is 8.20. The van der Waals surface area contributed by atoms with Gasteiger partial charge in [0.2, 0.25) is 5.91 Å². The number of carbonyl (C=O) groups is 1. The van der Waals surface area contributed by atoms with E-state index < -0.39 is 0 Å². The Kier molecular flexibility index (Phi) is 7.52. The van der Waals surface area contributed by atoms with Crippen molar-refractivity contribution in [2.75, 3.05) is 13.1 Å². The first-order chi connectivity index (χ1) is 9.40. The van der Waals surface area contributed by atoms with Crippen molar-refractivity contribution in [1.82, 2.24) is 10.2 Å². The summed E-state index contributed by atoms with van der Waals surface area (Å²) < 4.78 is 0. The fraction of sp³-hybridized carbons (Fsp3) is 0.938. The summed E-state index contributed by atoms with van der Waals surface area (Å²) in [7, 11) is 0. The fourth-order valence-corrected chi connectivity index (χ4v) is 2.78. The number of nitrogens with two attached hydrogens (primary N) is 1. The molecule has 0 radical (unpaired) electrons. The lowest BCUT2D eigenvalue weighted by Gasteiger charge is -2.35. The first-order valence-corrected chi connectivity index (χ1v) is 8.20. The number of nitrogens with one attached hydrogen (secondary N) is 1. The lowest BCUT2D eigenvalue weighted by Crippen LogP contribution is -2.47. The van der Waals surface area contributed by atoms with Gasteiger partial charge in [-0.1, -0.05) is 13.3 Å². The molecule has 4 heteroatoms. The molecule has 1 aliphatic rings. The van der Waals surface area contributed by atoms with Crippen LogP contribution < -0.4 is 11.1 Å². The van der Waals surface area contributed by atoms with Crippen LogP contribution in [0.2, 0.25) is 0 Å². The third-order valence-electron chi connectivity index (χ3n) is 4.35. The highest BCUT2D eigenvalue weighted by Crippen LogP contribution is 2.15. The van der Waals surface area contributed by atoms with E-state index in [1.807, 2.05) is 13.8 Å². The summed E-state index contributed by atoms with van der Waals surface area (Å²) in [5, 5.41) is 3.22. The van der Waals surface area contributed by atoms with Gasteiger partial charge in [0.05, 0.1) is 0 Å². The lowest BCUT2D eigenvalue weighted by atomic mass is 9.99. The minimum Gasteiger partial charge on any atom is -0.353 e. The second-order valence-electron chi connectivity index (χ2n) is 6.72. The van der Waals surface area contributed by atoms with Crippen molar-refractivity contribution in [3.63, 3.8) is 0 Å². The van der Waals surface area contributed by atoms with Crippen LogP contribution >= 0.6 is 0 Å². The number of amides is 1. The highest BCUT2D eigenvalue weighted by molar-refractivity contribution is 5.78. The number of hydrogen-bond donors (Lipinski definition) is 2. The summed E-state index contributed by atoms with van der Waals surface area (Å²) in [4.78, 5) is 14.6. The van der Waals surface area contributed by atoms with E-state index in [-0.39, 0.29) is 17.9 Å². The quantitative estimate of drug-likeness (QED) is 0.752. The molecule has 0 aromatic carbocycles. The molecule has 3 N–H and O–H groups in total. The Labute approximate surface area is 124 Å². The lowest BCUT2D eigenvalue weighted by molar-refractivity contribution is -0.125. The SMILES string of the molecule is CC(N)CCCC(C)C(=O)NC1CCN(C(C)C)CC1. The zero-order valence-corrected chi connectivity index (χ0v) is 13.7. The Morgan fingerprint density at radius 3 is 2.30 bits per heavy atom. The highest BCUT2D eigenvalue weighted by Gasteiger charge is 2.23. The van der Waals surface area contributed by atoms with Crippen LogP contribution in [0.15, 0.2) is 0 Å². The average molecular weight is 283 g/mol. The van der Waals surface area contributed by atoms with Gasteiger partial charge in [-0.2, -0.15) is 0 Å². The van der Waals surface area contributed by atoms with Gasteiger partial charge in [-0.05, 0) is 46.5 Å². The van der Waals surface area contributed by atoms with Crippen molar-refractivity contribution >= 4 is 5.91 Å². The van der Waals surface area contributed by atoms with Gasteiger partial charge in [0.15, 0.2) is 0 Å². The molecule has 0 bridgehead atoms. The molecule has 0 aromatic heterocycles. The summed E-state index contributed by atoms with van der Waals surface area (Å²) in [5.74, 6) is 0.328. The molecule has 2 atom stereocenters. The van der Waals surface area contributed by atoms with Crippen LogP contribution in [-0.4, -0.2) is 42.0 Å². The zero-order chi connectivity index (χ0) is 15.1. The second kappa shape index (κ2) is 8.63. The second-order valence-corrected chi connectivity index (χ2v) is 6.72. The van der Waals surface area contributed by atoms with Crippen LogP contribution in [0, 0.1) is 5.92 Å². The first kappa shape index (κ1) is 17.4. The molecule has 1 heterocycles. The van der Waals surface area contributed by atoms with Crippen molar-refractivity contribution in [3.05, 3.63) is 0 Å². The van der Waals surface area contributed by atoms with Crippen LogP contribution in [0.1, 0.15) is 59.8 Å². The van der Waals surface area contributed by atoms with E-state index in [0.717, 1.165) is 45.2 Å². The molecule has 1 fully saturated rings. The molecule has 0 aromatic rings. The minimum atomic E-state index is 0.108. The maximum atomic E-state index is 12.1. The zero-order valence-electron chi connectivity index (χ0n) is 13.7. The van der Waals surface area contributed by atoms with Gasteiger partial charge in [-0.3, -0.25) is 4.79 Å². The fourth-order valence-electron chi connectivity index (χ4n) is 2.78. The molecular weight excluding hydrogens is 250 g/mol. The number of piperidine rings is 1. The van der Waals surface area contributed by atoms with Gasteiger partial charge < -0.3 is 16.0 Å². The number of rotatable bonds is 7. The molecule has 0 saturated carbocycles.